The average molecular weight is 557 g/mol. The molecule has 0 aliphatic rings. The number of hydrogen-bond acceptors (Lipinski definition) is 5. The van der Waals surface area contributed by atoms with Crippen LogP contribution in [0, 0.1) is 10.1 Å². The predicted octanol–water partition coefficient (Wildman–Crippen LogP) is 5.30. The second-order valence-corrected chi connectivity index (χ2v) is 8.38. The molecule has 0 bridgehead atoms. The van der Waals surface area contributed by atoms with E-state index in [9.17, 15) is 46.0 Å². The number of ether oxygens (including phenoxy) is 1. The van der Waals surface area contributed by atoms with Crippen LogP contribution in [0.5, 0.6) is 5.75 Å². The lowest BCUT2D eigenvalue weighted by Gasteiger charge is -2.34. The predicted molar refractivity (Wildman–Crippen MR) is 126 cm³/mol. The molecule has 14 heteroatoms. The lowest BCUT2D eigenvalue weighted by atomic mass is 9.93. The molecule has 0 aliphatic heterocycles. The maximum atomic E-state index is 13.8. The molecule has 0 saturated carbocycles. The topological polar surface area (TPSA) is 94.7 Å². The van der Waals surface area contributed by atoms with Crippen LogP contribution in [0.15, 0.2) is 66.7 Å². The number of alkyl halides is 6. The van der Waals surface area contributed by atoms with E-state index < -0.39 is 53.2 Å². The lowest BCUT2D eigenvalue weighted by Crippen LogP contribution is -2.49. The van der Waals surface area contributed by atoms with Crippen molar-refractivity contribution in [1.82, 2.24) is 4.57 Å². The molecule has 1 heterocycles. The third-order valence-corrected chi connectivity index (χ3v) is 6.00. The first-order valence-electron chi connectivity index (χ1n) is 11.2. The van der Waals surface area contributed by atoms with Gasteiger partial charge in [-0.05, 0) is 42.0 Å². The van der Waals surface area contributed by atoms with E-state index in [2.05, 4.69) is 0 Å². The summed E-state index contributed by atoms with van der Waals surface area (Å²) < 4.78 is 86.2. The molecule has 0 aliphatic carbocycles. The highest BCUT2D eigenvalue weighted by molar-refractivity contribution is 5.99. The first-order chi connectivity index (χ1) is 18.2. The molecular weight excluding hydrogens is 536 g/mol. The van der Waals surface area contributed by atoms with E-state index in [-0.39, 0.29) is 27.6 Å². The van der Waals surface area contributed by atoms with Gasteiger partial charge in [0.25, 0.3) is 5.78 Å². The molecule has 0 saturated heterocycles. The molecule has 208 valence electrons. The van der Waals surface area contributed by atoms with Gasteiger partial charge in [0.05, 0.1) is 19.2 Å². The van der Waals surface area contributed by atoms with Gasteiger partial charge >= 0.3 is 18.3 Å². The van der Waals surface area contributed by atoms with E-state index in [4.69, 9.17) is 4.74 Å². The van der Waals surface area contributed by atoms with E-state index in [1.807, 2.05) is 0 Å². The van der Waals surface area contributed by atoms with Crippen molar-refractivity contribution >= 4 is 17.4 Å². The number of hydrogen-bond donors (Lipinski definition) is 0. The van der Waals surface area contributed by atoms with E-state index in [1.54, 1.807) is 0 Å². The van der Waals surface area contributed by atoms with E-state index in [1.165, 1.54) is 49.6 Å². The quantitative estimate of drug-likeness (QED) is 0.154. The molecule has 0 fully saturated rings. The van der Waals surface area contributed by atoms with Crippen LogP contribution in [0.25, 0.3) is 0 Å². The van der Waals surface area contributed by atoms with Crippen LogP contribution in [0.3, 0.4) is 0 Å². The van der Waals surface area contributed by atoms with Crippen LogP contribution in [0.2, 0.25) is 0 Å². The lowest BCUT2D eigenvalue weighted by molar-refractivity contribution is -0.526. The maximum Gasteiger partial charge on any atom is 0.471 e. The monoisotopic (exact) mass is 557 g/mol. The number of Topliss-reactive ketones (excluding diaryl/α,β-unsaturated/α-hetero) is 1. The van der Waals surface area contributed by atoms with Crippen LogP contribution in [-0.4, -0.2) is 46.7 Å². The van der Waals surface area contributed by atoms with E-state index >= 15 is 0 Å². The van der Waals surface area contributed by atoms with Crippen molar-refractivity contribution in [2.75, 3.05) is 12.0 Å². The molecular formula is C25H21F6N3O5. The number of nitrogens with zero attached hydrogens (tertiary/aromatic N) is 3. The molecule has 8 nitrogen and oxygen atoms in total. The highest BCUT2D eigenvalue weighted by atomic mass is 19.4. The fraction of sp³-hybridized carbons (Fsp3) is 0.280. The largest absolute Gasteiger partial charge is 0.497 e. The first kappa shape index (κ1) is 29.2. The molecule has 2 aromatic carbocycles. The molecule has 1 aromatic heterocycles. The number of ketones is 1. The Labute approximate surface area is 217 Å². The number of benzene rings is 2. The van der Waals surface area contributed by atoms with Gasteiger partial charge in [-0.25, -0.2) is 0 Å². The number of methoxy groups -OCH3 is 1. The summed E-state index contributed by atoms with van der Waals surface area (Å²) in [5.41, 5.74) is -1.32. The smallest absolute Gasteiger partial charge is 0.471 e. The zero-order valence-corrected chi connectivity index (χ0v) is 20.4. The number of carbonyl (C=O) groups excluding carboxylic acids is 2. The second kappa shape index (κ2) is 11.2. The number of amides is 1. The van der Waals surface area contributed by atoms with Crippen LogP contribution in [0.4, 0.5) is 32.0 Å². The van der Waals surface area contributed by atoms with E-state index in [0.717, 1.165) is 35.9 Å². The fourth-order valence-corrected chi connectivity index (χ4v) is 4.12. The zero-order chi connectivity index (χ0) is 29.1. The highest BCUT2D eigenvalue weighted by Crippen LogP contribution is 2.37. The van der Waals surface area contributed by atoms with Gasteiger partial charge in [0, 0.05) is 23.4 Å². The van der Waals surface area contributed by atoms with Crippen molar-refractivity contribution in [1.29, 1.82) is 0 Å². The van der Waals surface area contributed by atoms with Crippen LogP contribution in [0.1, 0.15) is 27.8 Å². The zero-order valence-electron chi connectivity index (χ0n) is 20.4. The van der Waals surface area contributed by atoms with Gasteiger partial charge < -0.3 is 9.30 Å². The summed E-state index contributed by atoms with van der Waals surface area (Å²) in [6.45, 7) is 0. The summed E-state index contributed by atoms with van der Waals surface area (Å²) in [7, 11) is 2.38. The SMILES string of the molecule is COc1ccc(N(C(=O)C(F)(F)F)[C@@H](c2ccccc2)[C@@H](Cc2ccc(C(=O)C(F)(F)F)n2C)[N+](=O)[O-])cc1. The average Bonchev–Trinajstić information content (AvgIpc) is 3.24. The summed E-state index contributed by atoms with van der Waals surface area (Å²) in [6, 6.07) is 9.72. The Balaban J connectivity index is 2.20. The first-order valence-corrected chi connectivity index (χ1v) is 11.2. The molecule has 0 spiro atoms. The fourth-order valence-electron chi connectivity index (χ4n) is 4.12. The summed E-state index contributed by atoms with van der Waals surface area (Å²) in [6.07, 6.45) is -11.4. The van der Waals surface area contributed by atoms with Gasteiger partial charge in [0.1, 0.15) is 11.8 Å². The minimum atomic E-state index is -5.44. The second-order valence-electron chi connectivity index (χ2n) is 8.38. The summed E-state index contributed by atoms with van der Waals surface area (Å²) in [4.78, 5) is 36.2. The van der Waals surface area contributed by atoms with E-state index in [0.29, 0.717) is 0 Å². The van der Waals surface area contributed by atoms with Crippen LogP contribution >= 0.6 is 0 Å². The normalized spacial score (nSPS) is 13.4. The number of carbonyl (C=O) groups is 2. The Hall–Kier alpha value is -4.36. The number of anilines is 1. The Morgan fingerprint density at radius 3 is 2.03 bits per heavy atom. The Bertz CT molecular complexity index is 1340. The number of nitro groups is 1. The maximum absolute atomic E-state index is 13.8. The van der Waals surface area contributed by atoms with Crippen molar-refractivity contribution < 1.29 is 45.6 Å². The molecule has 3 rings (SSSR count). The van der Waals surface area contributed by atoms with Crippen molar-refractivity contribution in [3.8, 4) is 5.75 Å². The number of rotatable bonds is 9. The minimum Gasteiger partial charge on any atom is -0.497 e. The molecule has 0 unspecified atom stereocenters. The van der Waals surface area contributed by atoms with Crippen molar-refractivity contribution in [3.05, 3.63) is 93.8 Å². The third kappa shape index (κ3) is 6.38. The molecule has 1 amide bonds. The van der Waals surface area contributed by atoms with Gasteiger partial charge in [0.15, 0.2) is 0 Å². The van der Waals surface area contributed by atoms with Crippen molar-refractivity contribution in [2.45, 2.75) is 30.9 Å². The minimum absolute atomic E-state index is 0.0339. The standard InChI is InChI=1S/C25H21F6N3O5/c1-32-17(10-13-19(32)22(35)24(26,27)28)14-20(34(37)38)21(15-6-4-3-5-7-15)33(23(36)25(29,30)31)16-8-11-18(39-2)12-9-16/h3-13,20-21H,14H2,1-2H3/t20-,21+/m1/s1. The Kier molecular flexibility index (Phi) is 8.36. The molecule has 2 atom stereocenters. The third-order valence-electron chi connectivity index (χ3n) is 6.00. The molecule has 3 aromatic rings. The van der Waals surface area contributed by atoms with Crippen LogP contribution < -0.4 is 9.64 Å². The van der Waals surface area contributed by atoms with Gasteiger partial charge in [0.2, 0.25) is 6.04 Å². The van der Waals surface area contributed by atoms with Gasteiger partial charge in [-0.15, -0.1) is 0 Å². The Morgan fingerprint density at radius 2 is 1.54 bits per heavy atom. The number of aromatic nitrogens is 1. The van der Waals surface area contributed by atoms with Gasteiger partial charge in [-0.2, -0.15) is 26.3 Å². The van der Waals surface area contributed by atoms with Gasteiger partial charge in [-0.1, -0.05) is 30.3 Å². The Morgan fingerprint density at radius 1 is 0.949 bits per heavy atom. The van der Waals surface area contributed by atoms with Crippen LogP contribution in [-0.2, 0) is 18.3 Å². The number of halogens is 6. The molecule has 0 radical (unpaired) electrons. The summed E-state index contributed by atoms with van der Waals surface area (Å²) in [5.74, 6) is -4.35. The van der Waals surface area contributed by atoms with Gasteiger partial charge in [-0.3, -0.25) is 24.6 Å². The summed E-state index contributed by atoms with van der Waals surface area (Å²) in [5, 5.41) is 12.3. The summed E-state index contributed by atoms with van der Waals surface area (Å²) >= 11 is 0. The van der Waals surface area contributed by atoms with Crippen molar-refractivity contribution in [2.24, 2.45) is 7.05 Å². The highest BCUT2D eigenvalue weighted by Gasteiger charge is 2.50. The molecule has 39 heavy (non-hydrogen) atoms. The molecule has 0 N–H and O–H groups in total. The van der Waals surface area contributed by atoms with Crippen molar-refractivity contribution in [3.63, 3.8) is 0 Å².